The highest BCUT2D eigenvalue weighted by atomic mass is 35.5. The van der Waals surface area contributed by atoms with Gasteiger partial charge < -0.3 is 0 Å². The first-order valence-corrected chi connectivity index (χ1v) is 6.61. The largest absolute Gasteiger partial charge is 0.298 e. The van der Waals surface area contributed by atoms with Crippen LogP contribution in [0.2, 0.25) is 5.02 Å². The van der Waals surface area contributed by atoms with Gasteiger partial charge in [-0.2, -0.15) is 5.10 Å². The Balaban J connectivity index is 2.59. The summed E-state index contributed by atoms with van der Waals surface area (Å²) in [5, 5.41) is 15.3. The Hall–Kier alpha value is -2.21. The summed E-state index contributed by atoms with van der Waals surface area (Å²) < 4.78 is 1.67. The molecule has 0 atom stereocenters. The van der Waals surface area contributed by atoms with E-state index in [1.54, 1.807) is 10.9 Å². The van der Waals surface area contributed by atoms with E-state index in [1.165, 1.54) is 18.2 Å². The zero-order chi connectivity index (χ0) is 15.8. The third-order valence-corrected chi connectivity index (χ3v) is 3.29. The Morgan fingerprint density at radius 2 is 2.05 bits per heavy atom. The first-order chi connectivity index (χ1) is 9.74. The van der Waals surface area contributed by atoms with Gasteiger partial charge in [0.15, 0.2) is 6.29 Å². The van der Waals surface area contributed by atoms with Crippen molar-refractivity contribution in [1.82, 2.24) is 9.78 Å². The molecule has 2 rings (SSSR count). The lowest BCUT2D eigenvalue weighted by molar-refractivity contribution is -0.384. The molecule has 21 heavy (non-hydrogen) atoms. The highest BCUT2D eigenvalue weighted by molar-refractivity contribution is 6.33. The van der Waals surface area contributed by atoms with E-state index >= 15 is 0 Å². The maximum absolute atomic E-state index is 11.2. The van der Waals surface area contributed by atoms with Crippen molar-refractivity contribution < 1.29 is 9.72 Å². The summed E-state index contributed by atoms with van der Waals surface area (Å²) in [5.74, 6) is 0. The van der Waals surface area contributed by atoms with E-state index < -0.39 is 4.92 Å². The Kier molecular flexibility index (Phi) is 3.82. The lowest BCUT2D eigenvalue weighted by Gasteiger charge is -2.18. The first kappa shape index (κ1) is 15.2. The number of hydrogen-bond acceptors (Lipinski definition) is 4. The maximum atomic E-state index is 11.2. The second-order valence-electron chi connectivity index (χ2n) is 5.59. The van der Waals surface area contributed by atoms with Gasteiger partial charge in [-0.15, -0.1) is 0 Å². The normalized spacial score (nSPS) is 11.4. The van der Waals surface area contributed by atoms with Crippen molar-refractivity contribution in [2.75, 3.05) is 0 Å². The predicted octanol–water partition coefficient (Wildman–Crippen LogP) is 3.68. The molecule has 7 heteroatoms. The van der Waals surface area contributed by atoms with Gasteiger partial charge in [0.25, 0.3) is 5.69 Å². The number of carbonyl (C=O) groups is 1. The quantitative estimate of drug-likeness (QED) is 0.492. The van der Waals surface area contributed by atoms with Crippen LogP contribution in [0.1, 0.15) is 31.1 Å². The molecule has 0 unspecified atom stereocenters. The van der Waals surface area contributed by atoms with Gasteiger partial charge >= 0.3 is 0 Å². The highest BCUT2D eigenvalue weighted by Gasteiger charge is 2.21. The minimum Gasteiger partial charge on any atom is -0.298 e. The summed E-state index contributed by atoms with van der Waals surface area (Å²) in [5.41, 5.74) is 0.906. The molecule has 1 aromatic heterocycles. The molecule has 0 amide bonds. The zero-order valence-electron chi connectivity index (χ0n) is 11.8. The van der Waals surface area contributed by atoms with Gasteiger partial charge in [0.2, 0.25) is 0 Å². The van der Waals surface area contributed by atoms with Crippen LogP contribution in [0.25, 0.3) is 11.3 Å². The molecule has 0 bridgehead atoms. The Morgan fingerprint density at radius 1 is 1.38 bits per heavy atom. The SMILES string of the molecule is CC(C)(C)n1cc(C=O)c(-c2ccc([N+](=O)[O-])cc2Cl)n1. The minimum atomic E-state index is -0.524. The molecular formula is C14H14ClN3O3. The molecule has 0 fully saturated rings. The summed E-state index contributed by atoms with van der Waals surface area (Å²) in [6.07, 6.45) is 2.34. The topological polar surface area (TPSA) is 78.0 Å². The van der Waals surface area contributed by atoms with E-state index in [2.05, 4.69) is 5.10 Å². The minimum absolute atomic E-state index is 0.105. The fraction of sp³-hybridized carbons (Fsp3) is 0.286. The van der Waals surface area contributed by atoms with Crippen LogP contribution in [0.5, 0.6) is 0 Å². The second kappa shape index (κ2) is 5.29. The zero-order valence-corrected chi connectivity index (χ0v) is 12.6. The summed E-state index contributed by atoms with van der Waals surface area (Å²) in [6, 6.07) is 4.09. The third-order valence-electron chi connectivity index (χ3n) is 2.98. The van der Waals surface area contributed by atoms with Crippen molar-refractivity contribution in [2.24, 2.45) is 0 Å². The molecule has 0 radical (unpaired) electrons. The van der Waals surface area contributed by atoms with Crippen LogP contribution in [0.15, 0.2) is 24.4 Å². The highest BCUT2D eigenvalue weighted by Crippen LogP contribution is 2.32. The average Bonchev–Trinajstić information content (AvgIpc) is 2.82. The standard InChI is InChI=1S/C14H14ClN3O3/c1-14(2,3)17-7-9(8-19)13(16-17)11-5-4-10(18(20)21)6-12(11)15/h4-8H,1-3H3. The molecule has 0 aliphatic carbocycles. The van der Waals surface area contributed by atoms with E-state index in [0.717, 1.165) is 0 Å². The van der Waals surface area contributed by atoms with Gasteiger partial charge in [-0.3, -0.25) is 19.6 Å². The Bertz CT molecular complexity index is 717. The molecule has 0 spiro atoms. The molecule has 0 aliphatic rings. The van der Waals surface area contributed by atoms with Crippen molar-refractivity contribution in [2.45, 2.75) is 26.3 Å². The smallest absolute Gasteiger partial charge is 0.270 e. The molecule has 2 aromatic rings. The molecule has 6 nitrogen and oxygen atoms in total. The number of aldehydes is 1. The van der Waals surface area contributed by atoms with Crippen LogP contribution in [-0.2, 0) is 5.54 Å². The van der Waals surface area contributed by atoms with Crippen molar-refractivity contribution >= 4 is 23.6 Å². The summed E-state index contributed by atoms with van der Waals surface area (Å²) in [6.45, 7) is 5.86. The van der Waals surface area contributed by atoms with E-state index in [4.69, 9.17) is 11.6 Å². The number of aromatic nitrogens is 2. The summed E-state index contributed by atoms with van der Waals surface area (Å²) in [4.78, 5) is 21.4. The van der Waals surface area contributed by atoms with Crippen LogP contribution in [0.4, 0.5) is 5.69 Å². The van der Waals surface area contributed by atoms with Gasteiger partial charge in [-0.05, 0) is 26.8 Å². The summed E-state index contributed by atoms with van der Waals surface area (Å²) >= 11 is 6.09. The molecule has 1 heterocycles. The number of hydrogen-bond donors (Lipinski definition) is 0. The number of nitro groups is 1. The maximum Gasteiger partial charge on any atom is 0.270 e. The van der Waals surface area contributed by atoms with Crippen LogP contribution in [0, 0.1) is 10.1 Å². The first-order valence-electron chi connectivity index (χ1n) is 6.23. The van der Waals surface area contributed by atoms with Crippen molar-refractivity contribution in [3.05, 3.63) is 45.1 Å². The molecule has 110 valence electrons. The van der Waals surface area contributed by atoms with Gasteiger partial charge in [-0.25, -0.2) is 0 Å². The molecule has 0 saturated carbocycles. The number of halogens is 1. The average molecular weight is 308 g/mol. The van der Waals surface area contributed by atoms with E-state index in [9.17, 15) is 14.9 Å². The van der Waals surface area contributed by atoms with E-state index in [1.807, 2.05) is 20.8 Å². The molecule has 0 saturated heterocycles. The fourth-order valence-corrected chi connectivity index (χ4v) is 2.10. The van der Waals surface area contributed by atoms with Crippen LogP contribution in [0.3, 0.4) is 0 Å². The molecular weight excluding hydrogens is 294 g/mol. The lowest BCUT2D eigenvalue weighted by Crippen LogP contribution is -2.22. The van der Waals surface area contributed by atoms with Crippen molar-refractivity contribution in [3.63, 3.8) is 0 Å². The summed E-state index contributed by atoms with van der Waals surface area (Å²) in [7, 11) is 0. The Labute approximate surface area is 126 Å². The monoisotopic (exact) mass is 307 g/mol. The number of benzene rings is 1. The number of carbonyl (C=O) groups excluding carboxylic acids is 1. The van der Waals surface area contributed by atoms with E-state index in [-0.39, 0.29) is 16.2 Å². The Morgan fingerprint density at radius 3 is 2.52 bits per heavy atom. The third kappa shape index (κ3) is 2.95. The van der Waals surface area contributed by atoms with E-state index in [0.29, 0.717) is 23.1 Å². The molecule has 0 aliphatic heterocycles. The molecule has 0 N–H and O–H groups in total. The number of non-ortho nitro benzene ring substituents is 1. The number of nitro benzene ring substituents is 1. The van der Waals surface area contributed by atoms with Crippen LogP contribution >= 0.6 is 11.6 Å². The van der Waals surface area contributed by atoms with Crippen LogP contribution < -0.4 is 0 Å². The number of nitrogens with zero attached hydrogens (tertiary/aromatic N) is 3. The fourth-order valence-electron chi connectivity index (χ4n) is 1.84. The van der Waals surface area contributed by atoms with Gasteiger partial charge in [0, 0.05) is 23.9 Å². The predicted molar refractivity (Wildman–Crippen MR) is 79.7 cm³/mol. The van der Waals surface area contributed by atoms with Crippen molar-refractivity contribution in [1.29, 1.82) is 0 Å². The number of rotatable bonds is 3. The lowest BCUT2D eigenvalue weighted by atomic mass is 10.1. The second-order valence-corrected chi connectivity index (χ2v) is 5.99. The van der Waals surface area contributed by atoms with Gasteiger partial charge in [-0.1, -0.05) is 11.6 Å². The van der Waals surface area contributed by atoms with Gasteiger partial charge in [0.1, 0.15) is 5.69 Å². The van der Waals surface area contributed by atoms with Crippen molar-refractivity contribution in [3.8, 4) is 11.3 Å². The van der Waals surface area contributed by atoms with Gasteiger partial charge in [0.05, 0.1) is 21.0 Å². The van der Waals surface area contributed by atoms with Crippen LogP contribution in [-0.4, -0.2) is 21.0 Å². The molecule has 1 aromatic carbocycles.